The first-order chi connectivity index (χ1) is 10.1. The van der Waals surface area contributed by atoms with Gasteiger partial charge in [-0.1, -0.05) is 0 Å². The van der Waals surface area contributed by atoms with Gasteiger partial charge in [-0.25, -0.2) is 18.7 Å². The van der Waals surface area contributed by atoms with Crippen LogP contribution in [0, 0.1) is 5.92 Å². The van der Waals surface area contributed by atoms with Crippen molar-refractivity contribution in [2.24, 2.45) is 5.92 Å². The number of carbonyl (C=O) groups is 1. The summed E-state index contributed by atoms with van der Waals surface area (Å²) < 4.78 is 29.2. The number of carbonyl (C=O) groups excluding carboxylic acids is 1. The van der Waals surface area contributed by atoms with Crippen LogP contribution in [0.25, 0.3) is 0 Å². The van der Waals surface area contributed by atoms with Crippen LogP contribution in [0.1, 0.15) is 12.8 Å². The molecule has 1 unspecified atom stereocenters. The van der Waals surface area contributed by atoms with Crippen molar-refractivity contribution in [2.75, 3.05) is 31.6 Å². The summed E-state index contributed by atoms with van der Waals surface area (Å²) >= 11 is 0. The average Bonchev–Trinajstić information content (AvgIpc) is 2.52. The van der Waals surface area contributed by atoms with Crippen molar-refractivity contribution in [3.05, 3.63) is 12.4 Å². The molecule has 0 aromatic carbocycles. The first-order valence-electron chi connectivity index (χ1n) is 6.77. The van der Waals surface area contributed by atoms with E-state index in [0.29, 0.717) is 24.7 Å². The van der Waals surface area contributed by atoms with E-state index in [9.17, 15) is 13.6 Å². The molecule has 2 rings (SSSR count). The number of amides is 1. The molecule has 1 N–H and O–H groups in total. The number of hydrogen-bond donors (Lipinski definition) is 1. The molecule has 2 heterocycles. The van der Waals surface area contributed by atoms with Crippen LogP contribution >= 0.6 is 0 Å². The molecule has 8 heteroatoms. The van der Waals surface area contributed by atoms with Gasteiger partial charge in [-0.3, -0.25) is 4.79 Å². The summed E-state index contributed by atoms with van der Waals surface area (Å²) in [6.07, 6.45) is 2.06. The van der Waals surface area contributed by atoms with Gasteiger partial charge in [0.2, 0.25) is 11.9 Å². The number of nitrogens with one attached hydrogen (secondary N) is 1. The molecule has 0 bridgehead atoms. The first kappa shape index (κ1) is 15.4. The number of piperidine rings is 1. The van der Waals surface area contributed by atoms with Crippen molar-refractivity contribution in [3.8, 4) is 5.75 Å². The first-order valence-corrected chi connectivity index (χ1v) is 6.77. The summed E-state index contributed by atoms with van der Waals surface area (Å²) in [7, 11) is 1.53. The predicted molar refractivity (Wildman–Crippen MR) is 72.5 cm³/mol. The molecular formula is C13H18F2N4O2. The summed E-state index contributed by atoms with van der Waals surface area (Å²) in [4.78, 5) is 22.1. The number of anilines is 1. The van der Waals surface area contributed by atoms with Gasteiger partial charge in [0, 0.05) is 13.1 Å². The minimum Gasteiger partial charge on any atom is -0.494 e. The predicted octanol–water partition coefficient (Wildman–Crippen LogP) is 1.08. The smallest absolute Gasteiger partial charge is 0.255 e. The Labute approximate surface area is 121 Å². The van der Waals surface area contributed by atoms with Crippen LogP contribution in [0.2, 0.25) is 0 Å². The van der Waals surface area contributed by atoms with E-state index in [1.807, 2.05) is 4.90 Å². The number of aromatic nitrogens is 2. The third kappa shape index (κ3) is 4.24. The Hall–Kier alpha value is -1.99. The molecule has 1 fully saturated rings. The number of rotatable bonds is 5. The number of halogens is 2. The highest BCUT2D eigenvalue weighted by Crippen LogP contribution is 2.21. The minimum absolute atomic E-state index is 0.316. The summed E-state index contributed by atoms with van der Waals surface area (Å²) in [5.74, 6) is 0.417. The van der Waals surface area contributed by atoms with Crippen LogP contribution in [-0.2, 0) is 4.79 Å². The maximum atomic E-state index is 12.1. The van der Waals surface area contributed by atoms with E-state index >= 15 is 0 Å². The van der Waals surface area contributed by atoms with Crippen LogP contribution in [0.3, 0.4) is 0 Å². The summed E-state index contributed by atoms with van der Waals surface area (Å²) in [5.41, 5.74) is 0. The van der Waals surface area contributed by atoms with Crippen molar-refractivity contribution in [2.45, 2.75) is 19.3 Å². The second-order valence-corrected chi connectivity index (χ2v) is 4.84. The lowest BCUT2D eigenvalue weighted by Gasteiger charge is -2.31. The van der Waals surface area contributed by atoms with Gasteiger partial charge in [0.1, 0.15) is 0 Å². The van der Waals surface area contributed by atoms with E-state index in [1.165, 1.54) is 7.11 Å². The van der Waals surface area contributed by atoms with Gasteiger partial charge in [0.05, 0.1) is 32.0 Å². The van der Waals surface area contributed by atoms with Gasteiger partial charge in [-0.15, -0.1) is 0 Å². The second kappa shape index (κ2) is 7.14. The molecule has 1 aliphatic rings. The van der Waals surface area contributed by atoms with Crippen molar-refractivity contribution in [1.82, 2.24) is 15.3 Å². The summed E-state index contributed by atoms with van der Waals surface area (Å²) in [6, 6.07) is 0. The van der Waals surface area contributed by atoms with Crippen LogP contribution in [-0.4, -0.2) is 49.0 Å². The number of alkyl halides is 2. The van der Waals surface area contributed by atoms with Crippen molar-refractivity contribution >= 4 is 11.9 Å². The Bertz CT molecular complexity index is 470. The Morgan fingerprint density at radius 1 is 1.52 bits per heavy atom. The third-order valence-corrected chi connectivity index (χ3v) is 3.36. The lowest BCUT2D eigenvalue weighted by Crippen LogP contribution is -2.44. The van der Waals surface area contributed by atoms with E-state index < -0.39 is 13.0 Å². The van der Waals surface area contributed by atoms with E-state index in [0.717, 1.165) is 13.0 Å². The topological polar surface area (TPSA) is 67.3 Å². The van der Waals surface area contributed by atoms with Crippen LogP contribution < -0.4 is 15.0 Å². The Balaban J connectivity index is 1.94. The van der Waals surface area contributed by atoms with Gasteiger partial charge in [0.25, 0.3) is 6.43 Å². The van der Waals surface area contributed by atoms with E-state index in [4.69, 9.17) is 4.74 Å². The molecule has 116 valence electrons. The van der Waals surface area contributed by atoms with Crippen LogP contribution in [0.15, 0.2) is 12.4 Å². The average molecular weight is 300 g/mol. The fraction of sp³-hybridized carbons (Fsp3) is 0.615. The molecule has 0 aliphatic carbocycles. The molecule has 0 radical (unpaired) electrons. The number of hydrogen-bond acceptors (Lipinski definition) is 5. The molecule has 0 saturated carbocycles. The molecule has 6 nitrogen and oxygen atoms in total. The largest absolute Gasteiger partial charge is 0.494 e. The molecule has 1 saturated heterocycles. The zero-order valence-corrected chi connectivity index (χ0v) is 11.8. The van der Waals surface area contributed by atoms with Gasteiger partial charge in [0.15, 0.2) is 5.75 Å². The highest BCUT2D eigenvalue weighted by atomic mass is 19.3. The van der Waals surface area contributed by atoms with Crippen molar-refractivity contribution in [1.29, 1.82) is 0 Å². The monoisotopic (exact) mass is 300 g/mol. The summed E-state index contributed by atoms with van der Waals surface area (Å²) in [6.45, 7) is 0.570. The molecule has 1 atom stereocenters. The molecule has 1 aromatic rings. The standard InChI is InChI=1S/C13H18F2N4O2/c1-21-10-5-17-13(18-6-10)19-4-2-3-9(8-19)12(20)16-7-11(14)15/h5-6,9,11H,2-4,7-8H2,1H3,(H,16,20). The normalized spacial score (nSPS) is 18.7. The second-order valence-electron chi connectivity index (χ2n) is 4.84. The lowest BCUT2D eigenvalue weighted by molar-refractivity contribution is -0.125. The zero-order valence-electron chi connectivity index (χ0n) is 11.8. The Morgan fingerprint density at radius 2 is 2.24 bits per heavy atom. The van der Waals surface area contributed by atoms with Crippen molar-refractivity contribution < 1.29 is 18.3 Å². The van der Waals surface area contributed by atoms with Crippen LogP contribution in [0.5, 0.6) is 5.75 Å². The molecule has 0 spiro atoms. The van der Waals surface area contributed by atoms with E-state index in [2.05, 4.69) is 15.3 Å². The maximum absolute atomic E-state index is 12.1. The maximum Gasteiger partial charge on any atom is 0.255 e. The quantitative estimate of drug-likeness (QED) is 0.881. The number of methoxy groups -OCH3 is 1. The van der Waals surface area contributed by atoms with Gasteiger partial charge >= 0.3 is 0 Å². The highest BCUT2D eigenvalue weighted by Gasteiger charge is 2.27. The third-order valence-electron chi connectivity index (χ3n) is 3.36. The van der Waals surface area contributed by atoms with Crippen LogP contribution in [0.4, 0.5) is 14.7 Å². The summed E-state index contributed by atoms with van der Waals surface area (Å²) in [5, 5.41) is 2.27. The fourth-order valence-electron chi connectivity index (χ4n) is 2.27. The SMILES string of the molecule is COc1cnc(N2CCCC(C(=O)NCC(F)F)C2)nc1. The number of nitrogens with zero attached hydrogens (tertiary/aromatic N) is 3. The van der Waals surface area contributed by atoms with Crippen molar-refractivity contribution in [3.63, 3.8) is 0 Å². The Kier molecular flexibility index (Phi) is 5.24. The number of ether oxygens (including phenoxy) is 1. The van der Waals surface area contributed by atoms with Gasteiger partial charge in [-0.05, 0) is 12.8 Å². The molecule has 1 aliphatic heterocycles. The zero-order chi connectivity index (χ0) is 15.2. The molecule has 1 amide bonds. The fourth-order valence-corrected chi connectivity index (χ4v) is 2.27. The highest BCUT2D eigenvalue weighted by molar-refractivity contribution is 5.79. The Morgan fingerprint density at radius 3 is 2.86 bits per heavy atom. The molecular weight excluding hydrogens is 282 g/mol. The molecule has 21 heavy (non-hydrogen) atoms. The van der Waals surface area contributed by atoms with E-state index in [1.54, 1.807) is 12.4 Å². The minimum atomic E-state index is -2.53. The van der Waals surface area contributed by atoms with Gasteiger partial charge < -0.3 is 15.0 Å². The van der Waals surface area contributed by atoms with Gasteiger partial charge in [-0.2, -0.15) is 0 Å². The van der Waals surface area contributed by atoms with E-state index in [-0.39, 0.29) is 11.8 Å². The molecule has 1 aromatic heterocycles. The lowest BCUT2D eigenvalue weighted by atomic mass is 9.97.